The second kappa shape index (κ2) is 4.86. The standard InChI is InChI=1S/C13H14FN3S/c1-8(2)17-12(11(7-16-17)13(15)18)9-3-5-10(14)6-4-9/h3-8H,1-2H3,(H2,15,18). The van der Waals surface area contributed by atoms with Gasteiger partial charge in [-0.15, -0.1) is 0 Å². The molecule has 18 heavy (non-hydrogen) atoms. The minimum Gasteiger partial charge on any atom is -0.389 e. The highest BCUT2D eigenvalue weighted by Crippen LogP contribution is 2.26. The number of thiocarbonyl (C=S) groups is 1. The van der Waals surface area contributed by atoms with Gasteiger partial charge >= 0.3 is 0 Å². The van der Waals surface area contributed by atoms with Gasteiger partial charge in [-0.2, -0.15) is 5.10 Å². The first-order valence-electron chi connectivity index (χ1n) is 5.64. The molecule has 3 nitrogen and oxygen atoms in total. The van der Waals surface area contributed by atoms with E-state index in [-0.39, 0.29) is 11.9 Å². The zero-order valence-corrected chi connectivity index (χ0v) is 11.0. The van der Waals surface area contributed by atoms with Crippen LogP contribution in [-0.2, 0) is 0 Å². The molecule has 1 aromatic heterocycles. The van der Waals surface area contributed by atoms with Crippen molar-refractivity contribution in [3.8, 4) is 11.3 Å². The van der Waals surface area contributed by atoms with E-state index >= 15 is 0 Å². The average molecular weight is 263 g/mol. The van der Waals surface area contributed by atoms with Crippen molar-refractivity contribution in [3.63, 3.8) is 0 Å². The Morgan fingerprint density at radius 3 is 2.44 bits per heavy atom. The Morgan fingerprint density at radius 2 is 1.94 bits per heavy atom. The number of hydrogen-bond acceptors (Lipinski definition) is 2. The van der Waals surface area contributed by atoms with Gasteiger partial charge in [-0.25, -0.2) is 4.39 Å². The van der Waals surface area contributed by atoms with Crippen molar-refractivity contribution in [1.29, 1.82) is 0 Å². The van der Waals surface area contributed by atoms with Gasteiger partial charge in [0, 0.05) is 11.6 Å². The lowest BCUT2D eigenvalue weighted by atomic mass is 10.1. The van der Waals surface area contributed by atoms with Crippen molar-refractivity contribution in [2.24, 2.45) is 5.73 Å². The van der Waals surface area contributed by atoms with Crippen molar-refractivity contribution in [2.45, 2.75) is 19.9 Å². The lowest BCUT2D eigenvalue weighted by molar-refractivity contribution is 0.538. The average Bonchev–Trinajstić information content (AvgIpc) is 2.74. The van der Waals surface area contributed by atoms with Gasteiger partial charge < -0.3 is 5.73 Å². The van der Waals surface area contributed by atoms with E-state index in [1.807, 2.05) is 18.5 Å². The number of halogens is 1. The molecule has 0 saturated heterocycles. The molecule has 0 unspecified atom stereocenters. The maximum Gasteiger partial charge on any atom is 0.123 e. The van der Waals surface area contributed by atoms with Gasteiger partial charge in [0.05, 0.1) is 17.5 Å². The third kappa shape index (κ3) is 2.26. The molecule has 0 aliphatic heterocycles. The molecule has 2 rings (SSSR count). The van der Waals surface area contributed by atoms with Gasteiger partial charge in [0.2, 0.25) is 0 Å². The summed E-state index contributed by atoms with van der Waals surface area (Å²) in [5, 5.41) is 4.29. The minimum atomic E-state index is -0.272. The number of aromatic nitrogens is 2. The fourth-order valence-corrected chi connectivity index (χ4v) is 1.98. The topological polar surface area (TPSA) is 43.8 Å². The summed E-state index contributed by atoms with van der Waals surface area (Å²) in [4.78, 5) is 0.293. The highest BCUT2D eigenvalue weighted by Gasteiger charge is 2.16. The monoisotopic (exact) mass is 263 g/mol. The Balaban J connectivity index is 2.63. The zero-order valence-electron chi connectivity index (χ0n) is 10.2. The molecule has 2 N–H and O–H groups in total. The molecule has 1 aromatic carbocycles. The van der Waals surface area contributed by atoms with Crippen LogP contribution in [-0.4, -0.2) is 14.8 Å². The van der Waals surface area contributed by atoms with Crippen LogP contribution in [0, 0.1) is 5.82 Å². The Morgan fingerprint density at radius 1 is 1.33 bits per heavy atom. The van der Waals surface area contributed by atoms with Crippen molar-refractivity contribution < 1.29 is 4.39 Å². The summed E-state index contributed by atoms with van der Waals surface area (Å²) in [5.41, 5.74) is 8.10. The molecule has 5 heteroatoms. The lowest BCUT2D eigenvalue weighted by Crippen LogP contribution is -2.12. The molecule has 0 fully saturated rings. The predicted octanol–water partition coefficient (Wildman–Crippen LogP) is 2.90. The van der Waals surface area contributed by atoms with Crippen LogP contribution in [0.4, 0.5) is 4.39 Å². The highest BCUT2D eigenvalue weighted by molar-refractivity contribution is 7.80. The van der Waals surface area contributed by atoms with Gasteiger partial charge in [0.1, 0.15) is 10.8 Å². The summed E-state index contributed by atoms with van der Waals surface area (Å²) in [7, 11) is 0. The van der Waals surface area contributed by atoms with Crippen LogP contribution in [0.25, 0.3) is 11.3 Å². The summed E-state index contributed by atoms with van der Waals surface area (Å²) in [6.07, 6.45) is 1.65. The number of nitrogens with zero attached hydrogens (tertiary/aromatic N) is 2. The van der Waals surface area contributed by atoms with Crippen LogP contribution >= 0.6 is 12.2 Å². The van der Waals surface area contributed by atoms with Crippen molar-refractivity contribution in [1.82, 2.24) is 9.78 Å². The first-order valence-corrected chi connectivity index (χ1v) is 6.04. The predicted molar refractivity (Wildman–Crippen MR) is 73.9 cm³/mol. The first kappa shape index (κ1) is 12.7. The molecule has 2 aromatic rings. The van der Waals surface area contributed by atoms with E-state index in [0.29, 0.717) is 10.6 Å². The van der Waals surface area contributed by atoms with Crippen LogP contribution in [0.1, 0.15) is 25.5 Å². The molecule has 0 bridgehead atoms. The number of hydrogen-bond donors (Lipinski definition) is 1. The summed E-state index contributed by atoms with van der Waals surface area (Å²) >= 11 is 5.03. The third-order valence-electron chi connectivity index (χ3n) is 2.67. The van der Waals surface area contributed by atoms with Gasteiger partial charge in [-0.05, 0) is 38.1 Å². The van der Waals surface area contributed by atoms with E-state index in [2.05, 4.69) is 5.10 Å². The van der Waals surface area contributed by atoms with Gasteiger partial charge in [-0.1, -0.05) is 12.2 Å². The van der Waals surface area contributed by atoms with Crippen LogP contribution in [0.5, 0.6) is 0 Å². The Labute approximate surface area is 110 Å². The van der Waals surface area contributed by atoms with Gasteiger partial charge in [0.25, 0.3) is 0 Å². The molecule has 0 aliphatic rings. The molecule has 1 heterocycles. The van der Waals surface area contributed by atoms with Gasteiger partial charge in [-0.3, -0.25) is 4.68 Å². The molecular weight excluding hydrogens is 249 g/mol. The molecule has 0 aliphatic carbocycles. The first-order chi connectivity index (χ1) is 8.50. The van der Waals surface area contributed by atoms with E-state index in [1.165, 1.54) is 12.1 Å². The quantitative estimate of drug-likeness (QED) is 0.866. The van der Waals surface area contributed by atoms with Crippen molar-refractivity contribution >= 4 is 17.2 Å². The SMILES string of the molecule is CC(C)n1ncc(C(N)=S)c1-c1ccc(F)cc1. The molecular formula is C13H14FN3S. The fourth-order valence-electron chi connectivity index (χ4n) is 1.83. The van der Waals surface area contributed by atoms with Crippen LogP contribution < -0.4 is 5.73 Å². The summed E-state index contributed by atoms with van der Waals surface area (Å²) in [6, 6.07) is 6.40. The van der Waals surface area contributed by atoms with Crippen LogP contribution in [0.3, 0.4) is 0 Å². The fraction of sp³-hybridized carbons (Fsp3) is 0.231. The van der Waals surface area contributed by atoms with E-state index < -0.39 is 0 Å². The van der Waals surface area contributed by atoms with Gasteiger partial charge in [0.15, 0.2) is 0 Å². The maximum atomic E-state index is 13.0. The Bertz CT molecular complexity index is 572. The third-order valence-corrected chi connectivity index (χ3v) is 2.89. The second-order valence-electron chi connectivity index (χ2n) is 4.32. The molecule has 0 radical (unpaired) electrons. The molecule has 94 valence electrons. The maximum absolute atomic E-state index is 13.0. The Hall–Kier alpha value is -1.75. The molecule has 0 amide bonds. The largest absolute Gasteiger partial charge is 0.389 e. The normalized spacial score (nSPS) is 10.9. The van der Waals surface area contributed by atoms with Crippen molar-refractivity contribution in [2.75, 3.05) is 0 Å². The number of benzene rings is 1. The summed E-state index contributed by atoms with van der Waals surface area (Å²) in [5.74, 6) is -0.272. The van der Waals surface area contributed by atoms with Crippen LogP contribution in [0.15, 0.2) is 30.5 Å². The number of nitrogens with two attached hydrogens (primary N) is 1. The Kier molecular flexibility index (Phi) is 3.43. The minimum absolute atomic E-state index is 0.174. The van der Waals surface area contributed by atoms with E-state index in [0.717, 1.165) is 11.3 Å². The van der Waals surface area contributed by atoms with E-state index in [4.69, 9.17) is 18.0 Å². The van der Waals surface area contributed by atoms with Crippen molar-refractivity contribution in [3.05, 3.63) is 41.8 Å². The zero-order chi connectivity index (χ0) is 13.3. The van der Waals surface area contributed by atoms with E-state index in [1.54, 1.807) is 18.3 Å². The smallest absolute Gasteiger partial charge is 0.123 e. The lowest BCUT2D eigenvalue weighted by Gasteiger charge is -2.12. The molecule has 0 saturated carbocycles. The second-order valence-corrected chi connectivity index (χ2v) is 4.76. The molecule has 0 atom stereocenters. The molecule has 0 spiro atoms. The summed E-state index contributed by atoms with van der Waals surface area (Å²) < 4.78 is 14.8. The highest BCUT2D eigenvalue weighted by atomic mass is 32.1. The van der Waals surface area contributed by atoms with Crippen LogP contribution in [0.2, 0.25) is 0 Å². The number of rotatable bonds is 3. The summed E-state index contributed by atoms with van der Waals surface area (Å²) in [6.45, 7) is 4.03. The van der Waals surface area contributed by atoms with E-state index in [9.17, 15) is 4.39 Å².